The number of nitrogens with one attached hydrogen (secondary N) is 1. The number of carbonyl (C=O) groups is 1. The first-order valence-corrected chi connectivity index (χ1v) is 7.27. The van der Waals surface area contributed by atoms with Crippen molar-refractivity contribution in [3.8, 4) is 6.07 Å². The Morgan fingerprint density at radius 1 is 1.52 bits per heavy atom. The molecule has 0 unspecified atom stereocenters. The topological polar surface area (TPSA) is 88.1 Å². The molecule has 0 aliphatic carbocycles. The molecule has 2 aromatic rings. The lowest BCUT2D eigenvalue weighted by atomic mass is 10.2. The largest absolute Gasteiger partial charge is 0.457 e. The standard InChI is InChI=1S/C15H11ClF3N3O3/c16-11-6-9(15(17,18)19)7-21-13(11)22-8-10(3-4-20)25-14(23)12-2-1-5-24-12/h1-2,5-7,10H,3,8H2,(H,21,22)/t10-/m0/s1. The third-order valence-electron chi connectivity index (χ3n) is 2.98. The number of ether oxygens (including phenoxy) is 1. The third kappa shape index (κ3) is 5.12. The molecule has 2 rings (SSSR count). The Bertz CT molecular complexity index is 773. The molecule has 0 bridgehead atoms. The van der Waals surface area contributed by atoms with Gasteiger partial charge in [0.1, 0.15) is 11.9 Å². The van der Waals surface area contributed by atoms with Gasteiger partial charge in [-0.25, -0.2) is 9.78 Å². The summed E-state index contributed by atoms with van der Waals surface area (Å²) in [6.45, 7) is -0.0713. The zero-order chi connectivity index (χ0) is 18.4. The first-order chi connectivity index (χ1) is 11.8. The molecule has 1 N–H and O–H groups in total. The molecule has 0 saturated heterocycles. The molecule has 132 valence electrons. The number of carbonyl (C=O) groups excluding carboxylic acids is 1. The van der Waals surface area contributed by atoms with E-state index in [-0.39, 0.29) is 29.6 Å². The van der Waals surface area contributed by atoms with E-state index in [0.717, 1.165) is 6.07 Å². The summed E-state index contributed by atoms with van der Waals surface area (Å²) in [5.74, 6) is -0.821. The van der Waals surface area contributed by atoms with E-state index in [0.29, 0.717) is 6.20 Å². The quantitative estimate of drug-likeness (QED) is 0.773. The molecule has 0 radical (unpaired) electrons. The van der Waals surface area contributed by atoms with E-state index in [1.165, 1.54) is 18.4 Å². The molecule has 0 aliphatic rings. The number of hydrogen-bond acceptors (Lipinski definition) is 6. The van der Waals surface area contributed by atoms with Crippen molar-refractivity contribution in [2.45, 2.75) is 18.7 Å². The normalized spacial score (nSPS) is 12.3. The molecule has 2 heterocycles. The van der Waals surface area contributed by atoms with Gasteiger partial charge >= 0.3 is 12.1 Å². The molecule has 6 nitrogen and oxygen atoms in total. The monoisotopic (exact) mass is 373 g/mol. The Balaban J connectivity index is 2.01. The number of nitrogens with zero attached hydrogens (tertiary/aromatic N) is 2. The van der Waals surface area contributed by atoms with Gasteiger partial charge in [-0.15, -0.1) is 0 Å². The van der Waals surface area contributed by atoms with Crippen LogP contribution < -0.4 is 5.32 Å². The highest BCUT2D eigenvalue weighted by Gasteiger charge is 2.31. The van der Waals surface area contributed by atoms with Crippen LogP contribution in [0.15, 0.2) is 35.1 Å². The fraction of sp³-hybridized carbons (Fsp3) is 0.267. The number of rotatable bonds is 6. The minimum Gasteiger partial charge on any atom is -0.457 e. The highest BCUT2D eigenvalue weighted by atomic mass is 35.5. The average molecular weight is 374 g/mol. The minimum absolute atomic E-state index is 0.0216. The fourth-order valence-corrected chi connectivity index (χ4v) is 2.03. The van der Waals surface area contributed by atoms with Gasteiger partial charge in [0.2, 0.25) is 5.76 Å². The van der Waals surface area contributed by atoms with Crippen molar-refractivity contribution in [1.29, 1.82) is 5.26 Å². The molecule has 0 saturated carbocycles. The van der Waals surface area contributed by atoms with Crippen molar-refractivity contribution in [3.63, 3.8) is 0 Å². The third-order valence-corrected chi connectivity index (χ3v) is 3.27. The lowest BCUT2D eigenvalue weighted by molar-refractivity contribution is -0.137. The summed E-state index contributed by atoms with van der Waals surface area (Å²) in [5.41, 5.74) is -0.985. The van der Waals surface area contributed by atoms with Crippen LogP contribution in [0.2, 0.25) is 5.02 Å². The van der Waals surface area contributed by atoms with Crippen molar-refractivity contribution in [3.05, 3.63) is 47.0 Å². The van der Waals surface area contributed by atoms with Crippen molar-refractivity contribution >= 4 is 23.4 Å². The molecule has 1 atom stereocenters. The number of esters is 1. The van der Waals surface area contributed by atoms with Crippen molar-refractivity contribution in [2.75, 3.05) is 11.9 Å². The molecule has 0 amide bonds. The van der Waals surface area contributed by atoms with Crippen LogP contribution in [0.3, 0.4) is 0 Å². The molecule has 0 aliphatic heterocycles. The summed E-state index contributed by atoms with van der Waals surface area (Å²) in [6, 6.07) is 5.47. The van der Waals surface area contributed by atoms with Gasteiger partial charge in [-0.05, 0) is 18.2 Å². The molecule has 2 aromatic heterocycles. The molecule has 0 aromatic carbocycles. The van der Waals surface area contributed by atoms with Gasteiger partial charge in [-0.2, -0.15) is 18.4 Å². The van der Waals surface area contributed by atoms with E-state index in [2.05, 4.69) is 10.3 Å². The number of hydrogen-bond donors (Lipinski definition) is 1. The summed E-state index contributed by atoms with van der Waals surface area (Å²) >= 11 is 5.77. The Kier molecular flexibility index (Phi) is 5.88. The van der Waals surface area contributed by atoms with Crippen LogP contribution in [0, 0.1) is 11.3 Å². The van der Waals surface area contributed by atoms with Crippen LogP contribution >= 0.6 is 11.6 Å². The maximum atomic E-state index is 12.6. The zero-order valence-electron chi connectivity index (χ0n) is 12.5. The first-order valence-electron chi connectivity index (χ1n) is 6.89. The van der Waals surface area contributed by atoms with E-state index in [4.69, 9.17) is 26.0 Å². The lowest BCUT2D eigenvalue weighted by Gasteiger charge is -2.16. The fourth-order valence-electron chi connectivity index (χ4n) is 1.80. The number of furan rings is 1. The summed E-state index contributed by atoms with van der Waals surface area (Å²) in [6.07, 6.45) is -3.65. The first kappa shape index (κ1) is 18.6. The van der Waals surface area contributed by atoms with Crippen LogP contribution in [0.1, 0.15) is 22.5 Å². The van der Waals surface area contributed by atoms with Crippen LogP contribution in [-0.2, 0) is 10.9 Å². The number of alkyl halides is 3. The maximum Gasteiger partial charge on any atom is 0.417 e. The van der Waals surface area contributed by atoms with Gasteiger partial charge in [0.15, 0.2) is 0 Å². The highest BCUT2D eigenvalue weighted by Crippen LogP contribution is 2.32. The number of anilines is 1. The zero-order valence-corrected chi connectivity index (χ0v) is 13.3. The van der Waals surface area contributed by atoms with Crippen molar-refractivity contribution in [1.82, 2.24) is 4.98 Å². The van der Waals surface area contributed by atoms with Gasteiger partial charge in [-0.1, -0.05) is 11.6 Å². The molecule has 25 heavy (non-hydrogen) atoms. The summed E-state index contributed by atoms with van der Waals surface area (Å²) in [5, 5.41) is 11.2. The predicted octanol–water partition coefficient (Wildman–Crippen LogP) is 3.90. The van der Waals surface area contributed by atoms with E-state index in [1.54, 1.807) is 0 Å². The smallest absolute Gasteiger partial charge is 0.417 e. The average Bonchev–Trinajstić information content (AvgIpc) is 3.07. The van der Waals surface area contributed by atoms with Crippen LogP contribution in [0.25, 0.3) is 0 Å². The Hall–Kier alpha value is -2.73. The predicted molar refractivity (Wildman–Crippen MR) is 80.9 cm³/mol. The molecule has 10 heteroatoms. The second-order valence-electron chi connectivity index (χ2n) is 4.80. The van der Waals surface area contributed by atoms with E-state index in [9.17, 15) is 18.0 Å². The van der Waals surface area contributed by atoms with Crippen molar-refractivity contribution in [2.24, 2.45) is 0 Å². The minimum atomic E-state index is -4.56. The summed E-state index contributed by atoms with van der Waals surface area (Å²) < 4.78 is 47.7. The van der Waals surface area contributed by atoms with Gasteiger partial charge in [0.25, 0.3) is 0 Å². The maximum absolute atomic E-state index is 12.6. The highest BCUT2D eigenvalue weighted by molar-refractivity contribution is 6.32. The second kappa shape index (κ2) is 7.90. The number of halogens is 4. The van der Waals surface area contributed by atoms with Crippen molar-refractivity contribution < 1.29 is 27.1 Å². The van der Waals surface area contributed by atoms with E-state index in [1.807, 2.05) is 6.07 Å². The van der Waals surface area contributed by atoms with E-state index >= 15 is 0 Å². The Labute approximate surface area is 145 Å². The number of nitriles is 1. The van der Waals surface area contributed by atoms with Gasteiger partial charge in [0.05, 0.1) is 35.9 Å². The lowest BCUT2D eigenvalue weighted by Crippen LogP contribution is -2.26. The molecule has 0 spiro atoms. The van der Waals surface area contributed by atoms with Crippen LogP contribution in [-0.4, -0.2) is 23.6 Å². The summed E-state index contributed by atoms with van der Waals surface area (Å²) in [7, 11) is 0. The molecular formula is C15H11ClF3N3O3. The Morgan fingerprint density at radius 3 is 2.84 bits per heavy atom. The second-order valence-corrected chi connectivity index (χ2v) is 5.21. The number of aromatic nitrogens is 1. The van der Waals surface area contributed by atoms with Gasteiger partial charge < -0.3 is 14.5 Å². The van der Waals surface area contributed by atoms with Gasteiger partial charge in [-0.3, -0.25) is 0 Å². The van der Waals surface area contributed by atoms with Crippen LogP contribution in [0.4, 0.5) is 19.0 Å². The number of pyridine rings is 1. The van der Waals surface area contributed by atoms with Gasteiger partial charge in [0, 0.05) is 6.20 Å². The van der Waals surface area contributed by atoms with E-state index < -0.39 is 23.8 Å². The molecule has 0 fully saturated rings. The van der Waals surface area contributed by atoms with Crippen LogP contribution in [0.5, 0.6) is 0 Å². The Morgan fingerprint density at radius 2 is 2.28 bits per heavy atom. The molecular weight excluding hydrogens is 363 g/mol. The summed E-state index contributed by atoms with van der Waals surface area (Å²) in [4.78, 5) is 15.4. The SMILES string of the molecule is N#CC[C@@H](CNc1ncc(C(F)(F)F)cc1Cl)OC(=O)c1ccco1.